The molecule has 1 heterocycles. The van der Waals surface area contributed by atoms with Crippen LogP contribution in [0.2, 0.25) is 0 Å². The Morgan fingerprint density at radius 3 is 2.69 bits per heavy atom. The normalized spacial score (nSPS) is 14.7. The highest BCUT2D eigenvalue weighted by atomic mass is 14.7. The number of unbranched alkanes of at least 4 members (excludes halogenated alkanes) is 2. The van der Waals surface area contributed by atoms with Crippen molar-refractivity contribution in [3.63, 3.8) is 0 Å². The molecule has 1 aromatic heterocycles. The lowest BCUT2D eigenvalue weighted by Crippen LogP contribution is -2.36. The minimum atomic E-state index is -0.0350. The smallest absolute Gasteiger partial charge is 0.0404 e. The molecule has 1 aromatic rings. The molecular formula is C14H24N2. The van der Waals surface area contributed by atoms with Gasteiger partial charge in [-0.1, -0.05) is 32.3 Å². The summed E-state index contributed by atoms with van der Waals surface area (Å²) in [6.07, 6.45) is 8.76. The van der Waals surface area contributed by atoms with Crippen LogP contribution in [0.25, 0.3) is 0 Å². The average molecular weight is 220 g/mol. The third-order valence-corrected chi connectivity index (χ3v) is 3.03. The highest BCUT2D eigenvalue weighted by Crippen LogP contribution is 2.17. The van der Waals surface area contributed by atoms with Crippen LogP contribution in [0, 0.1) is 0 Å². The van der Waals surface area contributed by atoms with E-state index in [9.17, 15) is 0 Å². The predicted octanol–water partition coefficient (Wildman–Crippen LogP) is 3.31. The van der Waals surface area contributed by atoms with E-state index in [2.05, 4.69) is 24.9 Å². The number of aryl methyl sites for hydroxylation is 1. The van der Waals surface area contributed by atoms with Gasteiger partial charge in [0.25, 0.3) is 0 Å². The van der Waals surface area contributed by atoms with Crippen LogP contribution in [0.5, 0.6) is 0 Å². The summed E-state index contributed by atoms with van der Waals surface area (Å²) < 4.78 is 0. The molecule has 0 saturated heterocycles. The predicted molar refractivity (Wildman–Crippen MR) is 69.3 cm³/mol. The van der Waals surface area contributed by atoms with E-state index in [1.54, 1.807) is 0 Å². The molecule has 0 aliphatic carbocycles. The molecule has 90 valence electrons. The summed E-state index contributed by atoms with van der Waals surface area (Å²) in [5, 5.41) is 0. The monoisotopic (exact) mass is 220 g/mol. The molecule has 0 amide bonds. The van der Waals surface area contributed by atoms with Gasteiger partial charge in [-0.25, -0.2) is 0 Å². The Morgan fingerprint density at radius 1 is 1.25 bits per heavy atom. The molecular weight excluding hydrogens is 196 g/mol. The van der Waals surface area contributed by atoms with Gasteiger partial charge in [0, 0.05) is 17.4 Å². The van der Waals surface area contributed by atoms with Gasteiger partial charge in [-0.05, 0) is 38.3 Å². The topological polar surface area (TPSA) is 38.9 Å². The first-order chi connectivity index (χ1) is 7.64. The van der Waals surface area contributed by atoms with Gasteiger partial charge in [0.05, 0.1) is 0 Å². The van der Waals surface area contributed by atoms with Gasteiger partial charge in [0.15, 0.2) is 0 Å². The lowest BCUT2D eigenvalue weighted by molar-refractivity contribution is 0.382. The Labute approximate surface area is 99.3 Å². The van der Waals surface area contributed by atoms with E-state index in [1.165, 1.54) is 19.3 Å². The molecule has 1 unspecified atom stereocenters. The molecule has 0 aliphatic rings. The van der Waals surface area contributed by atoms with Crippen molar-refractivity contribution in [1.82, 2.24) is 4.98 Å². The van der Waals surface area contributed by atoms with Crippen molar-refractivity contribution in [2.24, 2.45) is 5.73 Å². The summed E-state index contributed by atoms with van der Waals surface area (Å²) in [5.41, 5.74) is 7.39. The first-order valence-corrected chi connectivity index (χ1v) is 6.33. The fraction of sp³-hybridized carbons (Fsp3) is 0.643. The van der Waals surface area contributed by atoms with Crippen molar-refractivity contribution < 1.29 is 0 Å². The van der Waals surface area contributed by atoms with E-state index in [4.69, 9.17) is 5.73 Å². The van der Waals surface area contributed by atoms with Crippen LogP contribution < -0.4 is 5.73 Å². The maximum Gasteiger partial charge on any atom is 0.0404 e. The summed E-state index contributed by atoms with van der Waals surface area (Å²) in [6.45, 7) is 4.38. The number of nitrogens with two attached hydrogens (primary N) is 1. The molecule has 0 fully saturated rings. The highest BCUT2D eigenvalue weighted by Gasteiger charge is 2.17. The lowest BCUT2D eigenvalue weighted by atomic mass is 9.90. The Balaban J connectivity index is 2.30. The molecule has 0 aliphatic heterocycles. The van der Waals surface area contributed by atoms with Crippen molar-refractivity contribution in [3.8, 4) is 0 Å². The SMILES string of the molecule is CCCCCC(C)(N)CCc1ccccn1. The molecule has 0 radical (unpaired) electrons. The van der Waals surface area contributed by atoms with Crippen LogP contribution in [-0.2, 0) is 6.42 Å². The largest absolute Gasteiger partial charge is 0.325 e. The number of pyridine rings is 1. The zero-order chi connectivity index (χ0) is 11.9. The summed E-state index contributed by atoms with van der Waals surface area (Å²) in [4.78, 5) is 4.32. The van der Waals surface area contributed by atoms with Gasteiger partial charge in [0.1, 0.15) is 0 Å². The standard InChI is InChI=1S/C14H24N2/c1-3-4-6-10-14(2,15)11-9-13-8-5-7-12-16-13/h5,7-8,12H,3-4,6,9-11,15H2,1-2H3. The Morgan fingerprint density at radius 2 is 2.06 bits per heavy atom. The zero-order valence-corrected chi connectivity index (χ0v) is 10.6. The van der Waals surface area contributed by atoms with Crippen molar-refractivity contribution in [3.05, 3.63) is 30.1 Å². The molecule has 0 saturated carbocycles. The van der Waals surface area contributed by atoms with Gasteiger partial charge in [0.2, 0.25) is 0 Å². The van der Waals surface area contributed by atoms with Crippen LogP contribution in [0.3, 0.4) is 0 Å². The Hall–Kier alpha value is -0.890. The maximum absolute atomic E-state index is 6.28. The third kappa shape index (κ3) is 5.26. The van der Waals surface area contributed by atoms with Gasteiger partial charge in [-0.2, -0.15) is 0 Å². The third-order valence-electron chi connectivity index (χ3n) is 3.03. The number of nitrogens with zero attached hydrogens (tertiary/aromatic N) is 1. The molecule has 1 rings (SSSR count). The van der Waals surface area contributed by atoms with E-state index >= 15 is 0 Å². The van der Waals surface area contributed by atoms with Crippen molar-refractivity contribution in [1.29, 1.82) is 0 Å². The Kier molecular flexibility index (Phi) is 5.47. The lowest BCUT2D eigenvalue weighted by Gasteiger charge is -2.24. The number of hydrogen-bond acceptors (Lipinski definition) is 2. The fourth-order valence-electron chi connectivity index (χ4n) is 1.86. The van der Waals surface area contributed by atoms with Gasteiger partial charge in [-0.15, -0.1) is 0 Å². The van der Waals surface area contributed by atoms with E-state index in [0.29, 0.717) is 0 Å². The minimum Gasteiger partial charge on any atom is -0.325 e. The molecule has 16 heavy (non-hydrogen) atoms. The van der Waals surface area contributed by atoms with Crippen LogP contribution >= 0.6 is 0 Å². The second-order valence-corrected chi connectivity index (χ2v) is 4.93. The van der Waals surface area contributed by atoms with E-state index in [-0.39, 0.29) is 5.54 Å². The highest BCUT2D eigenvalue weighted by molar-refractivity contribution is 5.04. The van der Waals surface area contributed by atoms with Crippen LogP contribution in [-0.4, -0.2) is 10.5 Å². The van der Waals surface area contributed by atoms with Crippen LogP contribution in [0.15, 0.2) is 24.4 Å². The number of rotatable bonds is 7. The quantitative estimate of drug-likeness (QED) is 0.716. The zero-order valence-electron chi connectivity index (χ0n) is 10.6. The molecule has 1 atom stereocenters. The first kappa shape index (κ1) is 13.2. The van der Waals surface area contributed by atoms with Gasteiger partial charge >= 0.3 is 0 Å². The molecule has 0 bridgehead atoms. The van der Waals surface area contributed by atoms with E-state index in [0.717, 1.165) is 25.0 Å². The number of hydrogen-bond donors (Lipinski definition) is 1. The first-order valence-electron chi connectivity index (χ1n) is 6.33. The molecule has 2 N–H and O–H groups in total. The summed E-state index contributed by atoms with van der Waals surface area (Å²) in [5.74, 6) is 0. The molecule has 0 spiro atoms. The van der Waals surface area contributed by atoms with Crippen LogP contribution in [0.4, 0.5) is 0 Å². The second-order valence-electron chi connectivity index (χ2n) is 4.93. The summed E-state index contributed by atoms with van der Waals surface area (Å²) in [7, 11) is 0. The van der Waals surface area contributed by atoms with Gasteiger partial charge in [-0.3, -0.25) is 4.98 Å². The molecule has 0 aromatic carbocycles. The second kappa shape index (κ2) is 6.64. The van der Waals surface area contributed by atoms with Crippen LogP contribution in [0.1, 0.15) is 51.6 Å². The van der Waals surface area contributed by atoms with Gasteiger partial charge < -0.3 is 5.73 Å². The minimum absolute atomic E-state index is 0.0350. The summed E-state index contributed by atoms with van der Waals surface area (Å²) in [6, 6.07) is 6.06. The van der Waals surface area contributed by atoms with Crippen molar-refractivity contribution >= 4 is 0 Å². The molecule has 2 heteroatoms. The fourth-order valence-corrected chi connectivity index (χ4v) is 1.86. The van der Waals surface area contributed by atoms with Crippen molar-refractivity contribution in [2.45, 2.75) is 57.9 Å². The average Bonchev–Trinajstić information content (AvgIpc) is 2.28. The van der Waals surface area contributed by atoms with E-state index in [1.807, 2.05) is 18.3 Å². The molecule has 2 nitrogen and oxygen atoms in total. The number of aromatic nitrogens is 1. The van der Waals surface area contributed by atoms with E-state index < -0.39 is 0 Å². The Bertz CT molecular complexity index is 280. The summed E-state index contributed by atoms with van der Waals surface area (Å²) >= 11 is 0. The van der Waals surface area contributed by atoms with Crippen molar-refractivity contribution in [2.75, 3.05) is 0 Å². The maximum atomic E-state index is 6.28.